The Hall–Kier alpha value is -3.55. The van der Waals surface area contributed by atoms with E-state index >= 15 is 0 Å². The van der Waals surface area contributed by atoms with E-state index in [0.717, 1.165) is 17.1 Å². The van der Waals surface area contributed by atoms with Crippen LogP contribution < -0.4 is 14.2 Å². The van der Waals surface area contributed by atoms with Gasteiger partial charge in [-0.25, -0.2) is 0 Å². The number of likely N-dealkylation sites (N-methyl/N-ethyl adjacent to an activating group) is 1. The highest BCUT2D eigenvalue weighted by molar-refractivity contribution is 5.81. The fourth-order valence-corrected chi connectivity index (χ4v) is 2.83. The summed E-state index contributed by atoms with van der Waals surface area (Å²) in [6.07, 6.45) is -0.0942. The quantitative estimate of drug-likeness (QED) is 0.532. The van der Waals surface area contributed by atoms with Gasteiger partial charge in [-0.3, -0.25) is 4.79 Å². The summed E-state index contributed by atoms with van der Waals surface area (Å²) in [5, 5.41) is 4.00. The molecule has 0 fully saturated rings. The van der Waals surface area contributed by atoms with Gasteiger partial charge in [-0.1, -0.05) is 12.1 Å². The van der Waals surface area contributed by atoms with E-state index in [1.807, 2.05) is 31.2 Å². The van der Waals surface area contributed by atoms with E-state index in [1.54, 1.807) is 45.5 Å². The standard InChI is InChI=1S/C22H25N3O5/c1-5-19(29-18-12-10-17(28-4)11-13-18)22(26)25(2)14-20-23-21(24-30-20)15-6-8-16(27-3)9-7-15/h6-13,19H,5,14H2,1-4H3/t19-/m0/s1. The number of methoxy groups -OCH3 is 2. The zero-order chi connectivity index (χ0) is 21.5. The summed E-state index contributed by atoms with van der Waals surface area (Å²) >= 11 is 0. The van der Waals surface area contributed by atoms with Crippen molar-refractivity contribution in [1.82, 2.24) is 15.0 Å². The van der Waals surface area contributed by atoms with Gasteiger partial charge < -0.3 is 23.6 Å². The van der Waals surface area contributed by atoms with E-state index in [2.05, 4.69) is 10.1 Å². The van der Waals surface area contributed by atoms with E-state index in [1.165, 1.54) is 4.90 Å². The minimum absolute atomic E-state index is 0.169. The number of carbonyl (C=O) groups is 1. The maximum atomic E-state index is 12.8. The highest BCUT2D eigenvalue weighted by Gasteiger charge is 2.24. The number of amides is 1. The Morgan fingerprint density at radius 3 is 2.13 bits per heavy atom. The third-order valence-corrected chi connectivity index (χ3v) is 4.55. The van der Waals surface area contributed by atoms with Crippen LogP contribution in [0.15, 0.2) is 53.1 Å². The molecule has 3 rings (SSSR count). The maximum Gasteiger partial charge on any atom is 0.263 e. The lowest BCUT2D eigenvalue weighted by Gasteiger charge is -2.22. The first kappa shape index (κ1) is 21.2. The van der Waals surface area contributed by atoms with Crippen molar-refractivity contribution in [2.24, 2.45) is 0 Å². The zero-order valence-electron chi connectivity index (χ0n) is 17.5. The monoisotopic (exact) mass is 411 g/mol. The molecular weight excluding hydrogens is 386 g/mol. The molecule has 0 aliphatic carbocycles. The smallest absolute Gasteiger partial charge is 0.263 e. The summed E-state index contributed by atoms with van der Waals surface area (Å²) in [4.78, 5) is 18.7. The van der Waals surface area contributed by atoms with Crippen LogP contribution in [-0.2, 0) is 11.3 Å². The molecule has 1 amide bonds. The van der Waals surface area contributed by atoms with Crippen LogP contribution in [-0.4, -0.2) is 48.3 Å². The first-order chi connectivity index (χ1) is 14.5. The van der Waals surface area contributed by atoms with Crippen molar-refractivity contribution >= 4 is 5.91 Å². The zero-order valence-corrected chi connectivity index (χ0v) is 17.5. The fraction of sp³-hybridized carbons (Fsp3) is 0.318. The van der Waals surface area contributed by atoms with E-state index in [9.17, 15) is 4.79 Å². The molecule has 0 unspecified atom stereocenters. The van der Waals surface area contributed by atoms with Gasteiger partial charge in [-0.2, -0.15) is 4.98 Å². The highest BCUT2D eigenvalue weighted by Crippen LogP contribution is 2.21. The van der Waals surface area contributed by atoms with Gasteiger partial charge in [0.15, 0.2) is 6.10 Å². The molecule has 3 aromatic rings. The Labute approximate surface area is 175 Å². The minimum atomic E-state index is -0.618. The van der Waals surface area contributed by atoms with Crippen LogP contribution >= 0.6 is 0 Å². The normalized spacial score (nSPS) is 11.6. The second kappa shape index (κ2) is 9.78. The minimum Gasteiger partial charge on any atom is -0.497 e. The van der Waals surface area contributed by atoms with Gasteiger partial charge in [0.1, 0.15) is 17.2 Å². The van der Waals surface area contributed by atoms with Crippen molar-refractivity contribution in [3.63, 3.8) is 0 Å². The van der Waals surface area contributed by atoms with Crippen molar-refractivity contribution in [1.29, 1.82) is 0 Å². The third-order valence-electron chi connectivity index (χ3n) is 4.55. The number of nitrogens with zero attached hydrogens (tertiary/aromatic N) is 3. The van der Waals surface area contributed by atoms with Gasteiger partial charge in [0, 0.05) is 12.6 Å². The van der Waals surface area contributed by atoms with Gasteiger partial charge >= 0.3 is 0 Å². The van der Waals surface area contributed by atoms with Gasteiger partial charge in [0.25, 0.3) is 5.91 Å². The van der Waals surface area contributed by atoms with Crippen LogP contribution in [0.4, 0.5) is 0 Å². The summed E-state index contributed by atoms with van der Waals surface area (Å²) in [6.45, 7) is 2.08. The maximum absolute atomic E-state index is 12.8. The summed E-state index contributed by atoms with van der Waals surface area (Å²) in [6, 6.07) is 14.5. The van der Waals surface area contributed by atoms with Crippen LogP contribution in [0.1, 0.15) is 19.2 Å². The topological polar surface area (TPSA) is 86.9 Å². The first-order valence-electron chi connectivity index (χ1n) is 9.56. The SMILES string of the molecule is CC[C@H](Oc1ccc(OC)cc1)C(=O)N(C)Cc1nc(-c2ccc(OC)cc2)no1. The van der Waals surface area contributed by atoms with Gasteiger partial charge in [0.2, 0.25) is 11.7 Å². The molecule has 8 heteroatoms. The molecule has 0 radical (unpaired) electrons. The van der Waals surface area contributed by atoms with Crippen molar-refractivity contribution in [3.05, 3.63) is 54.4 Å². The second-order valence-electron chi connectivity index (χ2n) is 6.62. The van der Waals surface area contributed by atoms with Crippen LogP contribution in [0.2, 0.25) is 0 Å². The lowest BCUT2D eigenvalue weighted by molar-refractivity contribution is -0.138. The van der Waals surface area contributed by atoms with E-state index in [4.69, 9.17) is 18.7 Å². The van der Waals surface area contributed by atoms with Crippen LogP contribution in [0.3, 0.4) is 0 Å². The van der Waals surface area contributed by atoms with Crippen molar-refractivity contribution in [2.45, 2.75) is 26.0 Å². The lowest BCUT2D eigenvalue weighted by Crippen LogP contribution is -2.39. The van der Waals surface area contributed by atoms with E-state index < -0.39 is 6.10 Å². The van der Waals surface area contributed by atoms with Crippen molar-refractivity contribution < 1.29 is 23.5 Å². The van der Waals surface area contributed by atoms with Crippen LogP contribution in [0.5, 0.6) is 17.2 Å². The molecule has 1 heterocycles. The molecule has 2 aromatic carbocycles. The summed E-state index contributed by atoms with van der Waals surface area (Å²) < 4.78 is 21.5. The number of hydrogen-bond acceptors (Lipinski definition) is 7. The van der Waals surface area contributed by atoms with Crippen LogP contribution in [0, 0.1) is 0 Å². The molecule has 0 aliphatic heterocycles. The number of carbonyl (C=O) groups excluding carboxylic acids is 1. The van der Waals surface area contributed by atoms with Crippen molar-refractivity contribution in [2.75, 3.05) is 21.3 Å². The predicted molar refractivity (Wildman–Crippen MR) is 110 cm³/mol. The molecule has 158 valence electrons. The molecule has 0 N–H and O–H groups in total. The van der Waals surface area contributed by atoms with Gasteiger partial charge in [0.05, 0.1) is 20.8 Å². The Balaban J connectivity index is 1.62. The largest absolute Gasteiger partial charge is 0.497 e. The lowest BCUT2D eigenvalue weighted by atomic mass is 10.2. The molecule has 0 saturated carbocycles. The number of hydrogen-bond donors (Lipinski definition) is 0. The second-order valence-corrected chi connectivity index (χ2v) is 6.62. The average molecular weight is 411 g/mol. The van der Waals surface area contributed by atoms with Gasteiger partial charge in [-0.15, -0.1) is 0 Å². The molecule has 0 saturated heterocycles. The first-order valence-corrected chi connectivity index (χ1v) is 9.56. The number of ether oxygens (including phenoxy) is 3. The van der Waals surface area contributed by atoms with E-state index in [-0.39, 0.29) is 12.5 Å². The van der Waals surface area contributed by atoms with Gasteiger partial charge in [-0.05, 0) is 55.0 Å². The summed E-state index contributed by atoms with van der Waals surface area (Å²) in [5.41, 5.74) is 0.800. The van der Waals surface area contributed by atoms with Crippen molar-refractivity contribution in [3.8, 4) is 28.6 Å². The molecule has 1 aromatic heterocycles. The fourth-order valence-electron chi connectivity index (χ4n) is 2.83. The molecule has 0 bridgehead atoms. The molecule has 30 heavy (non-hydrogen) atoms. The molecule has 8 nitrogen and oxygen atoms in total. The highest BCUT2D eigenvalue weighted by atomic mass is 16.5. The number of aromatic nitrogens is 2. The Morgan fingerprint density at radius 2 is 1.57 bits per heavy atom. The molecular formula is C22H25N3O5. The molecule has 0 spiro atoms. The van der Waals surface area contributed by atoms with Crippen LogP contribution in [0.25, 0.3) is 11.4 Å². The predicted octanol–water partition coefficient (Wildman–Crippen LogP) is 3.57. The number of benzene rings is 2. The average Bonchev–Trinajstić information content (AvgIpc) is 3.25. The number of rotatable bonds is 9. The van der Waals surface area contributed by atoms with E-state index in [0.29, 0.717) is 23.9 Å². The molecule has 0 aliphatic rings. The Morgan fingerprint density at radius 1 is 1.00 bits per heavy atom. The Kier molecular flexibility index (Phi) is 6.90. The summed E-state index contributed by atoms with van der Waals surface area (Å²) in [7, 11) is 4.89. The Bertz CT molecular complexity index is 954. The third kappa shape index (κ3) is 5.08. The summed E-state index contributed by atoms with van der Waals surface area (Å²) in [5.74, 6) is 2.70. The molecule has 1 atom stereocenters.